The molecule has 1 nitrogen and oxygen atoms in total. The SMILES string of the molecule is O=C(CS)Cc1c(F)cc(Br)cc1F. The molecule has 5 heteroatoms. The molecule has 0 aliphatic carbocycles. The van der Waals surface area contributed by atoms with Crippen molar-refractivity contribution in [1.82, 2.24) is 0 Å². The van der Waals surface area contributed by atoms with Crippen molar-refractivity contribution in [1.29, 1.82) is 0 Å². The minimum Gasteiger partial charge on any atom is -0.298 e. The Bertz CT molecular complexity index is 345. The number of benzene rings is 1. The van der Waals surface area contributed by atoms with Crippen LogP contribution in [0.5, 0.6) is 0 Å². The second kappa shape index (κ2) is 4.89. The number of halogens is 3. The molecular formula is C9H7BrF2OS. The quantitative estimate of drug-likeness (QED) is 0.843. The van der Waals surface area contributed by atoms with Gasteiger partial charge in [-0.3, -0.25) is 4.79 Å². The van der Waals surface area contributed by atoms with E-state index in [9.17, 15) is 13.6 Å². The maximum atomic E-state index is 13.2. The molecule has 14 heavy (non-hydrogen) atoms. The highest BCUT2D eigenvalue weighted by atomic mass is 79.9. The number of carbonyl (C=O) groups excluding carboxylic acids is 1. The monoisotopic (exact) mass is 280 g/mol. The molecule has 76 valence electrons. The Labute approximate surface area is 94.0 Å². The summed E-state index contributed by atoms with van der Waals surface area (Å²) in [5, 5.41) is 0. The fourth-order valence-corrected chi connectivity index (χ4v) is 1.51. The number of Topliss-reactive ketones (excluding diaryl/α,β-unsaturated/α-hetero) is 1. The van der Waals surface area contributed by atoms with Crippen LogP contribution in [0.2, 0.25) is 0 Å². The van der Waals surface area contributed by atoms with Crippen LogP contribution in [0.25, 0.3) is 0 Å². The second-order valence-electron chi connectivity index (χ2n) is 2.72. The molecule has 0 atom stereocenters. The Morgan fingerprint density at radius 2 is 1.86 bits per heavy atom. The third-order valence-corrected chi connectivity index (χ3v) is 2.47. The Balaban J connectivity index is 3.02. The van der Waals surface area contributed by atoms with Crippen molar-refractivity contribution in [3.05, 3.63) is 33.8 Å². The normalized spacial score (nSPS) is 10.3. The molecule has 1 aromatic rings. The minimum absolute atomic E-state index is 0.0189. The largest absolute Gasteiger partial charge is 0.298 e. The zero-order chi connectivity index (χ0) is 10.7. The molecule has 0 bridgehead atoms. The molecule has 0 N–H and O–H groups in total. The average molecular weight is 281 g/mol. The van der Waals surface area contributed by atoms with Gasteiger partial charge >= 0.3 is 0 Å². The van der Waals surface area contributed by atoms with Crippen molar-refractivity contribution in [2.24, 2.45) is 0 Å². The van der Waals surface area contributed by atoms with Gasteiger partial charge in [0.2, 0.25) is 0 Å². The Hall–Kier alpha value is -0.420. The fourth-order valence-electron chi connectivity index (χ4n) is 0.994. The lowest BCUT2D eigenvalue weighted by atomic mass is 10.1. The number of carbonyl (C=O) groups is 1. The number of rotatable bonds is 3. The van der Waals surface area contributed by atoms with Crippen LogP contribution in [-0.2, 0) is 11.2 Å². The number of ketones is 1. The van der Waals surface area contributed by atoms with Gasteiger partial charge in [-0.15, -0.1) is 0 Å². The van der Waals surface area contributed by atoms with E-state index in [0.29, 0.717) is 4.47 Å². The molecule has 1 aromatic carbocycles. The van der Waals surface area contributed by atoms with E-state index in [2.05, 4.69) is 28.6 Å². The molecular weight excluding hydrogens is 274 g/mol. The molecule has 0 spiro atoms. The van der Waals surface area contributed by atoms with Crippen molar-refractivity contribution in [2.45, 2.75) is 6.42 Å². The van der Waals surface area contributed by atoms with Crippen molar-refractivity contribution >= 4 is 34.3 Å². The van der Waals surface area contributed by atoms with Crippen LogP contribution in [0, 0.1) is 11.6 Å². The van der Waals surface area contributed by atoms with Gasteiger partial charge in [0.25, 0.3) is 0 Å². The van der Waals surface area contributed by atoms with E-state index in [1.165, 1.54) is 0 Å². The summed E-state index contributed by atoms with van der Waals surface area (Å²) in [5.74, 6) is -1.76. The van der Waals surface area contributed by atoms with Crippen molar-refractivity contribution in [3.63, 3.8) is 0 Å². The van der Waals surface area contributed by atoms with Gasteiger partial charge in [-0.2, -0.15) is 12.6 Å². The van der Waals surface area contributed by atoms with Crippen molar-refractivity contribution in [3.8, 4) is 0 Å². The van der Waals surface area contributed by atoms with Gasteiger partial charge in [0, 0.05) is 22.2 Å². The van der Waals surface area contributed by atoms with Gasteiger partial charge in [0.15, 0.2) is 0 Å². The molecule has 0 radical (unpaired) electrons. The predicted molar refractivity (Wildman–Crippen MR) is 56.6 cm³/mol. The van der Waals surface area contributed by atoms with Gasteiger partial charge in [0.1, 0.15) is 17.4 Å². The summed E-state index contributed by atoms with van der Waals surface area (Å²) in [6.07, 6.45) is -0.256. The molecule has 0 aliphatic rings. The lowest BCUT2D eigenvalue weighted by Gasteiger charge is -2.03. The van der Waals surface area contributed by atoms with Gasteiger partial charge in [-0.25, -0.2) is 8.78 Å². The standard InChI is InChI=1S/C9H7BrF2OS/c10-5-1-8(11)7(9(12)2-5)3-6(13)4-14/h1-2,14H,3-4H2. The first kappa shape index (κ1) is 11.7. The number of hydrogen-bond donors (Lipinski definition) is 1. The van der Waals surface area contributed by atoms with E-state index in [4.69, 9.17) is 0 Å². The molecule has 0 aromatic heterocycles. The van der Waals surface area contributed by atoms with Crippen LogP contribution in [-0.4, -0.2) is 11.5 Å². The highest BCUT2D eigenvalue weighted by Crippen LogP contribution is 2.20. The summed E-state index contributed by atoms with van der Waals surface area (Å²) in [4.78, 5) is 10.9. The molecule has 0 heterocycles. The summed E-state index contributed by atoms with van der Waals surface area (Å²) < 4.78 is 26.6. The lowest BCUT2D eigenvalue weighted by Crippen LogP contribution is -2.07. The second-order valence-corrected chi connectivity index (χ2v) is 3.95. The van der Waals surface area contributed by atoms with E-state index in [1.54, 1.807) is 0 Å². The van der Waals surface area contributed by atoms with E-state index in [1.807, 2.05) is 0 Å². The van der Waals surface area contributed by atoms with Crippen LogP contribution in [0.1, 0.15) is 5.56 Å². The summed E-state index contributed by atoms with van der Waals surface area (Å²) in [7, 11) is 0. The van der Waals surface area contributed by atoms with E-state index in [0.717, 1.165) is 12.1 Å². The number of thiol groups is 1. The summed E-state index contributed by atoms with van der Waals surface area (Å²) in [6.45, 7) is 0. The van der Waals surface area contributed by atoms with Gasteiger partial charge in [-0.05, 0) is 12.1 Å². The maximum absolute atomic E-state index is 13.2. The van der Waals surface area contributed by atoms with Gasteiger partial charge in [-0.1, -0.05) is 15.9 Å². The third kappa shape index (κ3) is 2.78. The summed E-state index contributed by atoms with van der Waals surface area (Å²) in [5.41, 5.74) is -0.202. The van der Waals surface area contributed by atoms with Crippen LogP contribution in [0.15, 0.2) is 16.6 Å². The average Bonchev–Trinajstić information content (AvgIpc) is 2.10. The molecule has 1 rings (SSSR count). The van der Waals surface area contributed by atoms with E-state index < -0.39 is 11.6 Å². The van der Waals surface area contributed by atoms with Crippen LogP contribution in [0.4, 0.5) is 8.78 Å². The first-order chi connectivity index (χ1) is 6.54. The van der Waals surface area contributed by atoms with Crippen LogP contribution >= 0.6 is 28.6 Å². The van der Waals surface area contributed by atoms with Crippen molar-refractivity contribution < 1.29 is 13.6 Å². The molecule has 0 saturated carbocycles. The molecule has 0 aliphatic heterocycles. The smallest absolute Gasteiger partial charge is 0.147 e. The van der Waals surface area contributed by atoms with E-state index in [-0.39, 0.29) is 23.5 Å². The van der Waals surface area contributed by atoms with Crippen molar-refractivity contribution in [2.75, 3.05) is 5.75 Å². The predicted octanol–water partition coefficient (Wildman–Crippen LogP) is 2.77. The fraction of sp³-hybridized carbons (Fsp3) is 0.222. The first-order valence-electron chi connectivity index (χ1n) is 3.80. The summed E-state index contributed by atoms with van der Waals surface area (Å²) in [6, 6.07) is 2.26. The molecule has 0 fully saturated rings. The lowest BCUT2D eigenvalue weighted by molar-refractivity contribution is -0.116. The topological polar surface area (TPSA) is 17.1 Å². The number of hydrogen-bond acceptors (Lipinski definition) is 2. The third-order valence-electron chi connectivity index (χ3n) is 1.66. The van der Waals surface area contributed by atoms with Gasteiger partial charge in [0.05, 0.1) is 0 Å². The molecule has 0 unspecified atom stereocenters. The Kier molecular flexibility index (Phi) is 4.07. The van der Waals surface area contributed by atoms with E-state index >= 15 is 0 Å². The summed E-state index contributed by atoms with van der Waals surface area (Å²) >= 11 is 6.68. The Morgan fingerprint density at radius 1 is 1.36 bits per heavy atom. The van der Waals surface area contributed by atoms with Gasteiger partial charge < -0.3 is 0 Å². The Morgan fingerprint density at radius 3 is 2.29 bits per heavy atom. The zero-order valence-corrected chi connectivity index (χ0v) is 9.54. The zero-order valence-electron chi connectivity index (χ0n) is 7.06. The highest BCUT2D eigenvalue weighted by molar-refractivity contribution is 9.10. The molecule has 0 saturated heterocycles. The molecule has 0 amide bonds. The van der Waals surface area contributed by atoms with Crippen LogP contribution in [0.3, 0.4) is 0 Å². The minimum atomic E-state index is -0.716. The van der Waals surface area contributed by atoms with Crippen LogP contribution < -0.4 is 0 Å². The maximum Gasteiger partial charge on any atom is 0.147 e. The first-order valence-corrected chi connectivity index (χ1v) is 5.23. The highest BCUT2D eigenvalue weighted by Gasteiger charge is 2.13.